The maximum Gasteiger partial charge on any atom is 0.279 e. The summed E-state index contributed by atoms with van der Waals surface area (Å²) in [7, 11) is 0. The lowest BCUT2D eigenvalue weighted by Gasteiger charge is -2.16. The van der Waals surface area contributed by atoms with E-state index in [-0.39, 0.29) is 16.4 Å². The van der Waals surface area contributed by atoms with Gasteiger partial charge in [-0.15, -0.1) is 11.3 Å². The molecular formula is C16H9ClN2O4S. The lowest BCUT2D eigenvalue weighted by atomic mass is 9.96. The summed E-state index contributed by atoms with van der Waals surface area (Å²) in [5.74, 6) is -2.57. The van der Waals surface area contributed by atoms with Crippen LogP contribution in [0.5, 0.6) is 0 Å². The van der Waals surface area contributed by atoms with Gasteiger partial charge in [-0.05, 0) is 23.6 Å². The first-order valence-corrected chi connectivity index (χ1v) is 8.29. The molecule has 0 radical (unpaired) electrons. The van der Waals surface area contributed by atoms with Crippen molar-refractivity contribution in [2.24, 2.45) is 11.1 Å². The number of carbonyl (C=O) groups excluding carboxylic acids is 3. The van der Waals surface area contributed by atoms with Crippen molar-refractivity contribution in [2.45, 2.75) is 6.10 Å². The molecule has 2 aliphatic rings. The van der Waals surface area contributed by atoms with Crippen LogP contribution in [0.1, 0.15) is 9.67 Å². The van der Waals surface area contributed by atoms with Crippen molar-refractivity contribution in [2.75, 3.05) is 4.90 Å². The normalized spacial score (nSPS) is 22.4. The zero-order valence-electron chi connectivity index (χ0n) is 12.0. The molecule has 2 aliphatic heterocycles. The van der Waals surface area contributed by atoms with Gasteiger partial charge in [-0.1, -0.05) is 35.0 Å². The molecule has 1 fully saturated rings. The minimum atomic E-state index is -1.12. The highest BCUT2D eigenvalue weighted by molar-refractivity contribution is 7.13. The van der Waals surface area contributed by atoms with Gasteiger partial charge >= 0.3 is 0 Å². The van der Waals surface area contributed by atoms with Crippen molar-refractivity contribution in [3.05, 3.63) is 51.7 Å². The number of amides is 2. The quantitative estimate of drug-likeness (QED) is 0.622. The van der Waals surface area contributed by atoms with Crippen LogP contribution in [0, 0.1) is 5.92 Å². The van der Waals surface area contributed by atoms with E-state index in [4.69, 9.17) is 16.4 Å². The van der Waals surface area contributed by atoms with Gasteiger partial charge in [0.15, 0.2) is 0 Å². The van der Waals surface area contributed by atoms with Crippen LogP contribution in [0.15, 0.2) is 46.9 Å². The molecule has 24 heavy (non-hydrogen) atoms. The fraction of sp³-hybridized carbons (Fsp3) is 0.125. The number of Topliss-reactive ketones (excluding diaryl/α,β-unsaturated/α-hetero) is 1. The standard InChI is InChI=1S/C16H9ClN2O4S/c17-8-4-1-2-5-9(8)19-15(21)11-12(18-23-14(11)16(19)22)13(20)10-6-3-7-24-10/h1-7,11,14H/t11-,14+/m0/s1. The Balaban J connectivity index is 1.70. The predicted octanol–water partition coefficient (Wildman–Crippen LogP) is 2.53. The molecular weight excluding hydrogens is 352 g/mol. The zero-order chi connectivity index (χ0) is 16.8. The summed E-state index contributed by atoms with van der Waals surface area (Å²) in [5.41, 5.74) is 0.227. The predicted molar refractivity (Wildman–Crippen MR) is 88.4 cm³/mol. The molecule has 0 aliphatic carbocycles. The molecule has 2 amide bonds. The Morgan fingerprint density at radius 3 is 2.67 bits per heavy atom. The van der Waals surface area contributed by atoms with Crippen molar-refractivity contribution in [3.63, 3.8) is 0 Å². The second-order valence-electron chi connectivity index (χ2n) is 5.25. The summed E-state index contributed by atoms with van der Waals surface area (Å²) < 4.78 is 0. The third kappa shape index (κ3) is 2.09. The summed E-state index contributed by atoms with van der Waals surface area (Å²) in [6, 6.07) is 9.87. The van der Waals surface area contributed by atoms with E-state index in [1.165, 1.54) is 11.3 Å². The second kappa shape index (κ2) is 5.54. The van der Waals surface area contributed by atoms with E-state index < -0.39 is 29.6 Å². The summed E-state index contributed by atoms with van der Waals surface area (Å²) in [5, 5.41) is 5.71. The second-order valence-corrected chi connectivity index (χ2v) is 6.60. The molecule has 1 aromatic heterocycles. The van der Waals surface area contributed by atoms with Gasteiger partial charge in [0.05, 0.1) is 15.6 Å². The number of halogens is 1. The van der Waals surface area contributed by atoms with Crippen LogP contribution in [-0.2, 0) is 14.4 Å². The van der Waals surface area contributed by atoms with Gasteiger partial charge < -0.3 is 4.84 Å². The SMILES string of the molecule is O=C(C1=NO[C@H]2C(=O)N(c3ccccc3Cl)C(=O)[C@@H]12)c1cccs1. The maximum absolute atomic E-state index is 12.8. The Kier molecular flexibility index (Phi) is 3.47. The highest BCUT2D eigenvalue weighted by atomic mass is 35.5. The van der Waals surface area contributed by atoms with Crippen LogP contribution in [0.4, 0.5) is 5.69 Å². The number of benzene rings is 1. The number of carbonyl (C=O) groups is 3. The highest BCUT2D eigenvalue weighted by Crippen LogP contribution is 2.37. The van der Waals surface area contributed by atoms with Crippen molar-refractivity contribution in [1.82, 2.24) is 0 Å². The van der Waals surface area contributed by atoms with Crippen LogP contribution < -0.4 is 4.90 Å². The summed E-state index contributed by atoms with van der Waals surface area (Å²) in [6.45, 7) is 0. The van der Waals surface area contributed by atoms with Gasteiger partial charge in [0, 0.05) is 0 Å². The van der Waals surface area contributed by atoms with E-state index in [0.717, 1.165) is 4.90 Å². The number of para-hydroxylation sites is 1. The van der Waals surface area contributed by atoms with Crippen LogP contribution in [-0.4, -0.2) is 29.4 Å². The van der Waals surface area contributed by atoms with E-state index in [9.17, 15) is 14.4 Å². The molecule has 0 N–H and O–H groups in total. The summed E-state index contributed by atoms with van der Waals surface area (Å²) in [4.78, 5) is 44.3. The van der Waals surface area contributed by atoms with Gasteiger partial charge in [-0.3, -0.25) is 14.4 Å². The summed E-state index contributed by atoms with van der Waals surface area (Å²) >= 11 is 7.33. The van der Waals surface area contributed by atoms with Gasteiger partial charge in [0.25, 0.3) is 5.91 Å². The number of imide groups is 1. The van der Waals surface area contributed by atoms with Crippen LogP contribution in [0.25, 0.3) is 0 Å². The Hall–Kier alpha value is -2.51. The molecule has 2 aromatic rings. The highest BCUT2D eigenvalue weighted by Gasteiger charge is 2.57. The van der Waals surface area contributed by atoms with Gasteiger partial charge in [-0.2, -0.15) is 0 Å². The van der Waals surface area contributed by atoms with E-state index >= 15 is 0 Å². The van der Waals surface area contributed by atoms with Crippen molar-refractivity contribution < 1.29 is 19.2 Å². The van der Waals surface area contributed by atoms with Crippen LogP contribution >= 0.6 is 22.9 Å². The minimum absolute atomic E-state index is 0.0460. The number of nitrogens with zero attached hydrogens (tertiary/aromatic N) is 2. The number of ketones is 1. The fourth-order valence-corrected chi connectivity index (χ4v) is 3.66. The maximum atomic E-state index is 12.8. The van der Waals surface area contributed by atoms with Crippen molar-refractivity contribution in [3.8, 4) is 0 Å². The molecule has 0 spiro atoms. The number of fused-ring (bicyclic) bond motifs is 1. The number of anilines is 1. The molecule has 1 aromatic carbocycles. The van der Waals surface area contributed by atoms with Crippen LogP contribution in [0.3, 0.4) is 0 Å². The fourth-order valence-electron chi connectivity index (χ4n) is 2.77. The van der Waals surface area contributed by atoms with E-state index in [0.29, 0.717) is 4.88 Å². The smallest absolute Gasteiger partial charge is 0.279 e. The number of oxime groups is 1. The van der Waals surface area contributed by atoms with Gasteiger partial charge in [-0.25, -0.2) is 4.90 Å². The number of hydrogen-bond acceptors (Lipinski definition) is 6. The monoisotopic (exact) mass is 360 g/mol. The molecule has 3 heterocycles. The number of thiophene rings is 1. The zero-order valence-corrected chi connectivity index (χ0v) is 13.6. The Labute approximate surface area is 145 Å². The molecule has 0 bridgehead atoms. The average molecular weight is 361 g/mol. The Morgan fingerprint density at radius 2 is 1.96 bits per heavy atom. The third-order valence-electron chi connectivity index (χ3n) is 3.88. The molecule has 0 saturated carbocycles. The largest absolute Gasteiger partial charge is 0.381 e. The molecule has 6 nitrogen and oxygen atoms in total. The molecule has 1 saturated heterocycles. The first-order valence-electron chi connectivity index (χ1n) is 7.04. The lowest BCUT2D eigenvalue weighted by molar-refractivity contribution is -0.126. The first-order chi connectivity index (χ1) is 11.6. The van der Waals surface area contributed by atoms with Gasteiger partial charge in [0.2, 0.25) is 17.8 Å². The Morgan fingerprint density at radius 1 is 1.17 bits per heavy atom. The number of rotatable bonds is 3. The molecule has 120 valence electrons. The van der Waals surface area contributed by atoms with Crippen molar-refractivity contribution >= 4 is 51.9 Å². The van der Waals surface area contributed by atoms with Gasteiger partial charge in [0.1, 0.15) is 11.6 Å². The molecule has 4 rings (SSSR count). The minimum Gasteiger partial charge on any atom is -0.381 e. The Bertz CT molecular complexity index is 893. The van der Waals surface area contributed by atoms with E-state index in [1.54, 1.807) is 41.8 Å². The lowest BCUT2D eigenvalue weighted by Crippen LogP contribution is -2.34. The summed E-state index contributed by atoms with van der Waals surface area (Å²) in [6.07, 6.45) is -1.12. The topological polar surface area (TPSA) is 76.0 Å². The first kappa shape index (κ1) is 15.0. The number of hydrogen-bond donors (Lipinski definition) is 0. The molecule has 2 atom stereocenters. The van der Waals surface area contributed by atoms with Crippen molar-refractivity contribution in [1.29, 1.82) is 0 Å². The van der Waals surface area contributed by atoms with E-state index in [1.807, 2.05) is 0 Å². The van der Waals surface area contributed by atoms with Crippen LogP contribution in [0.2, 0.25) is 5.02 Å². The van der Waals surface area contributed by atoms with E-state index in [2.05, 4.69) is 5.16 Å². The third-order valence-corrected chi connectivity index (χ3v) is 5.07. The molecule has 0 unspecified atom stereocenters. The molecule has 8 heteroatoms. The average Bonchev–Trinajstić information content (AvgIpc) is 3.29.